The third kappa shape index (κ3) is 3.57. The van der Waals surface area contributed by atoms with Crippen LogP contribution in [-0.2, 0) is 6.42 Å². The van der Waals surface area contributed by atoms with Gasteiger partial charge in [-0.15, -0.1) is 0 Å². The summed E-state index contributed by atoms with van der Waals surface area (Å²) in [5.41, 5.74) is 3.82. The van der Waals surface area contributed by atoms with E-state index in [1.54, 1.807) is 24.5 Å². The van der Waals surface area contributed by atoms with E-state index in [4.69, 9.17) is 5.84 Å². The summed E-state index contributed by atoms with van der Waals surface area (Å²) in [6, 6.07) is 3.24. The van der Waals surface area contributed by atoms with Crippen LogP contribution in [0.4, 0.5) is 5.82 Å². The number of nitrogen functional groups attached to an aromatic ring is 1. The van der Waals surface area contributed by atoms with Crippen LogP contribution in [0.15, 0.2) is 24.5 Å². The number of aryl methyl sites for hydroxylation is 1. The Kier molecular flexibility index (Phi) is 4.89. The van der Waals surface area contributed by atoms with Crippen molar-refractivity contribution in [2.75, 3.05) is 5.43 Å². The molecule has 5 N–H and O–H groups in total. The molecule has 1 unspecified atom stereocenters. The molecule has 2 rings (SSSR count). The number of aromatic nitrogens is 3. The minimum Gasteiger partial charge on any atom is -0.347 e. The fourth-order valence-electron chi connectivity index (χ4n) is 2.05. The quantitative estimate of drug-likeness (QED) is 0.476. The number of pyridine rings is 1. The number of rotatable bonds is 6. The Morgan fingerprint density at radius 1 is 1.43 bits per heavy atom. The number of nitrogens with two attached hydrogens (primary N) is 1. The van der Waals surface area contributed by atoms with Crippen LogP contribution in [-0.4, -0.2) is 20.9 Å². The van der Waals surface area contributed by atoms with E-state index in [1.807, 2.05) is 13.8 Å². The Hall–Kier alpha value is -2.41. The first-order chi connectivity index (χ1) is 10.2. The van der Waals surface area contributed by atoms with Crippen molar-refractivity contribution < 1.29 is 4.79 Å². The number of nitrogens with zero attached hydrogens (tertiary/aromatic N) is 2. The van der Waals surface area contributed by atoms with E-state index in [2.05, 4.69) is 25.7 Å². The van der Waals surface area contributed by atoms with Crippen molar-refractivity contribution in [2.45, 2.75) is 32.7 Å². The monoisotopic (exact) mass is 288 g/mol. The Balaban J connectivity index is 2.19. The Morgan fingerprint density at radius 3 is 2.81 bits per heavy atom. The number of anilines is 1. The van der Waals surface area contributed by atoms with Gasteiger partial charge in [-0.25, -0.2) is 15.8 Å². The van der Waals surface area contributed by atoms with Crippen LogP contribution in [0.2, 0.25) is 0 Å². The summed E-state index contributed by atoms with van der Waals surface area (Å²) in [4.78, 5) is 23.9. The summed E-state index contributed by atoms with van der Waals surface area (Å²) < 4.78 is 0. The van der Waals surface area contributed by atoms with Gasteiger partial charge in [-0.3, -0.25) is 4.79 Å². The maximum absolute atomic E-state index is 12.4. The molecule has 0 saturated carbocycles. The van der Waals surface area contributed by atoms with Gasteiger partial charge in [0.1, 0.15) is 11.6 Å². The largest absolute Gasteiger partial charge is 0.347 e. The Labute approximate surface area is 123 Å². The van der Waals surface area contributed by atoms with Gasteiger partial charge >= 0.3 is 0 Å². The maximum Gasteiger partial charge on any atom is 0.252 e. The summed E-state index contributed by atoms with van der Waals surface area (Å²) in [5, 5.41) is 2.96. The predicted molar refractivity (Wildman–Crippen MR) is 80.5 cm³/mol. The van der Waals surface area contributed by atoms with Crippen molar-refractivity contribution in [3.05, 3.63) is 41.6 Å². The van der Waals surface area contributed by atoms with Crippen LogP contribution >= 0.6 is 0 Å². The van der Waals surface area contributed by atoms with Gasteiger partial charge in [-0.05, 0) is 25.0 Å². The fourth-order valence-corrected chi connectivity index (χ4v) is 2.05. The zero-order valence-corrected chi connectivity index (χ0v) is 12.2. The molecule has 1 atom stereocenters. The number of hydrogen-bond donors (Lipinski definition) is 4. The van der Waals surface area contributed by atoms with Crippen molar-refractivity contribution in [1.82, 2.24) is 20.3 Å². The van der Waals surface area contributed by atoms with Gasteiger partial charge in [0.25, 0.3) is 5.91 Å². The molecule has 0 radical (unpaired) electrons. The van der Waals surface area contributed by atoms with Gasteiger partial charge in [0.2, 0.25) is 0 Å². The Bertz CT molecular complexity index is 573. The molecule has 0 aliphatic heterocycles. The number of H-pyrrole nitrogens is 1. The minimum absolute atomic E-state index is 0.153. The molecule has 2 aromatic rings. The average Bonchev–Trinajstić information content (AvgIpc) is 3.05. The standard InChI is InChI=1S/C14H20N6O/c1-3-10-7-9(8-12(18-10)20-15)14(21)19-11(4-2)13-16-5-6-17-13/h5-8,11H,3-4,15H2,1-2H3,(H,16,17)(H,18,20)(H,19,21). The average molecular weight is 288 g/mol. The van der Waals surface area contributed by atoms with Gasteiger partial charge in [0, 0.05) is 23.7 Å². The van der Waals surface area contributed by atoms with Crippen LogP contribution in [0.3, 0.4) is 0 Å². The molecule has 0 aliphatic rings. The lowest BCUT2D eigenvalue weighted by Gasteiger charge is -2.15. The zero-order chi connectivity index (χ0) is 15.2. The normalized spacial score (nSPS) is 12.0. The molecule has 7 nitrogen and oxygen atoms in total. The highest BCUT2D eigenvalue weighted by atomic mass is 16.1. The summed E-state index contributed by atoms with van der Waals surface area (Å²) in [6.45, 7) is 3.96. The second-order valence-electron chi connectivity index (χ2n) is 4.64. The summed E-state index contributed by atoms with van der Waals surface area (Å²) in [5.74, 6) is 6.43. The van der Waals surface area contributed by atoms with Crippen molar-refractivity contribution in [3.8, 4) is 0 Å². The first-order valence-corrected chi connectivity index (χ1v) is 6.95. The van der Waals surface area contributed by atoms with Crippen LogP contribution in [0.1, 0.15) is 48.2 Å². The van der Waals surface area contributed by atoms with E-state index in [1.165, 1.54) is 0 Å². The second-order valence-corrected chi connectivity index (χ2v) is 4.64. The molecule has 0 saturated heterocycles. The number of carbonyl (C=O) groups excluding carboxylic acids is 1. The van der Waals surface area contributed by atoms with Crippen LogP contribution in [0.5, 0.6) is 0 Å². The predicted octanol–water partition coefficient (Wildman–Crippen LogP) is 1.53. The van der Waals surface area contributed by atoms with Gasteiger partial charge in [-0.1, -0.05) is 13.8 Å². The van der Waals surface area contributed by atoms with Gasteiger partial charge < -0.3 is 15.7 Å². The van der Waals surface area contributed by atoms with E-state index >= 15 is 0 Å². The highest BCUT2D eigenvalue weighted by Gasteiger charge is 2.17. The van der Waals surface area contributed by atoms with Crippen LogP contribution in [0, 0.1) is 0 Å². The molecular formula is C14H20N6O. The lowest BCUT2D eigenvalue weighted by atomic mass is 10.1. The molecule has 2 heterocycles. The number of carbonyl (C=O) groups is 1. The van der Waals surface area contributed by atoms with E-state index in [9.17, 15) is 4.79 Å². The number of imidazole rings is 1. The van der Waals surface area contributed by atoms with Crippen LogP contribution in [0.25, 0.3) is 0 Å². The Morgan fingerprint density at radius 2 is 2.24 bits per heavy atom. The molecule has 7 heteroatoms. The molecule has 0 aliphatic carbocycles. The second kappa shape index (κ2) is 6.85. The molecule has 0 spiro atoms. The highest BCUT2D eigenvalue weighted by Crippen LogP contribution is 2.15. The van der Waals surface area contributed by atoms with E-state index < -0.39 is 0 Å². The van der Waals surface area contributed by atoms with E-state index in [0.29, 0.717) is 11.4 Å². The molecule has 21 heavy (non-hydrogen) atoms. The van der Waals surface area contributed by atoms with E-state index in [-0.39, 0.29) is 11.9 Å². The molecule has 0 fully saturated rings. The van der Waals surface area contributed by atoms with Crippen molar-refractivity contribution in [3.63, 3.8) is 0 Å². The van der Waals surface area contributed by atoms with E-state index in [0.717, 1.165) is 24.4 Å². The smallest absolute Gasteiger partial charge is 0.252 e. The van der Waals surface area contributed by atoms with Gasteiger partial charge in [0.15, 0.2) is 0 Å². The number of hydrogen-bond acceptors (Lipinski definition) is 5. The topological polar surface area (TPSA) is 109 Å². The highest BCUT2D eigenvalue weighted by molar-refractivity contribution is 5.95. The minimum atomic E-state index is -0.174. The van der Waals surface area contributed by atoms with Crippen molar-refractivity contribution in [2.24, 2.45) is 5.84 Å². The first-order valence-electron chi connectivity index (χ1n) is 6.95. The lowest BCUT2D eigenvalue weighted by Crippen LogP contribution is -2.29. The zero-order valence-electron chi connectivity index (χ0n) is 12.2. The lowest BCUT2D eigenvalue weighted by molar-refractivity contribution is 0.0933. The molecule has 0 bridgehead atoms. The summed E-state index contributed by atoms with van der Waals surface area (Å²) >= 11 is 0. The summed E-state index contributed by atoms with van der Waals surface area (Å²) in [6.07, 6.45) is 4.88. The van der Waals surface area contributed by atoms with Crippen LogP contribution < -0.4 is 16.6 Å². The molecule has 112 valence electrons. The van der Waals surface area contributed by atoms with Crippen molar-refractivity contribution in [1.29, 1.82) is 0 Å². The third-order valence-electron chi connectivity index (χ3n) is 3.21. The molecule has 2 aromatic heterocycles. The maximum atomic E-state index is 12.4. The number of nitrogens with one attached hydrogen (secondary N) is 3. The number of amides is 1. The van der Waals surface area contributed by atoms with Gasteiger partial charge in [-0.2, -0.15) is 0 Å². The SMILES string of the molecule is CCc1cc(C(=O)NC(CC)c2ncc[nH]2)cc(NN)n1. The summed E-state index contributed by atoms with van der Waals surface area (Å²) in [7, 11) is 0. The molecular weight excluding hydrogens is 268 g/mol. The first kappa shape index (κ1) is 15.0. The van der Waals surface area contributed by atoms with Crippen molar-refractivity contribution >= 4 is 11.7 Å². The fraction of sp³-hybridized carbons (Fsp3) is 0.357. The third-order valence-corrected chi connectivity index (χ3v) is 3.21. The molecule has 1 amide bonds. The number of aromatic amines is 1. The number of hydrazine groups is 1. The van der Waals surface area contributed by atoms with Gasteiger partial charge in [0.05, 0.1) is 6.04 Å². The molecule has 0 aromatic carbocycles.